The fraction of sp³-hybridized carbons (Fsp3) is 0.571. The van der Waals surface area contributed by atoms with E-state index in [4.69, 9.17) is 25.8 Å². The maximum absolute atomic E-state index is 6.41. The summed E-state index contributed by atoms with van der Waals surface area (Å²) in [5.41, 5.74) is 0.923. The fourth-order valence-corrected chi connectivity index (χ4v) is 3.19. The average Bonchev–Trinajstić information content (AvgIpc) is 2.87. The minimum Gasteiger partial charge on any atom is -0.495 e. The highest BCUT2D eigenvalue weighted by atomic mass is 35.5. The third-order valence-corrected chi connectivity index (χ3v) is 4.24. The summed E-state index contributed by atoms with van der Waals surface area (Å²) in [6, 6.07) is 2.00. The summed E-state index contributed by atoms with van der Waals surface area (Å²) in [5, 5.41) is 4.03. The Morgan fingerprint density at radius 1 is 1.37 bits per heavy atom. The molecule has 3 rings (SSSR count). The first kappa shape index (κ1) is 12.9. The quantitative estimate of drug-likeness (QED) is 0.906. The minimum atomic E-state index is -0.120. The van der Waals surface area contributed by atoms with Crippen LogP contribution in [0.25, 0.3) is 0 Å². The van der Waals surface area contributed by atoms with E-state index in [0.29, 0.717) is 35.5 Å². The van der Waals surface area contributed by atoms with Crippen LogP contribution in [0, 0.1) is 0 Å². The number of halogens is 1. The average molecular weight is 284 g/mol. The molecule has 0 spiro atoms. The van der Waals surface area contributed by atoms with Gasteiger partial charge >= 0.3 is 0 Å². The highest BCUT2D eigenvalue weighted by Gasteiger charge is 2.36. The van der Waals surface area contributed by atoms with Crippen molar-refractivity contribution in [3.8, 4) is 17.2 Å². The van der Waals surface area contributed by atoms with Crippen LogP contribution in [0.15, 0.2) is 6.07 Å². The van der Waals surface area contributed by atoms with Gasteiger partial charge in [-0.3, -0.25) is 0 Å². The maximum Gasteiger partial charge on any atom is 0.183 e. The molecule has 0 saturated carbocycles. The Kier molecular flexibility index (Phi) is 3.23. The van der Waals surface area contributed by atoms with Crippen LogP contribution < -0.4 is 19.5 Å². The van der Waals surface area contributed by atoms with E-state index in [-0.39, 0.29) is 5.54 Å². The highest BCUT2D eigenvalue weighted by molar-refractivity contribution is 6.34. The van der Waals surface area contributed by atoms with Crippen molar-refractivity contribution >= 4 is 11.6 Å². The zero-order valence-electron chi connectivity index (χ0n) is 11.2. The van der Waals surface area contributed by atoms with Crippen LogP contribution in [0.4, 0.5) is 0 Å². The Labute approximate surface area is 118 Å². The van der Waals surface area contributed by atoms with Crippen LogP contribution in [0.3, 0.4) is 0 Å². The first-order chi connectivity index (χ1) is 9.15. The highest BCUT2D eigenvalue weighted by Crippen LogP contribution is 2.49. The van der Waals surface area contributed by atoms with Crippen LogP contribution in [0.2, 0.25) is 5.02 Å². The van der Waals surface area contributed by atoms with Crippen LogP contribution in [0.1, 0.15) is 25.3 Å². The molecule has 5 heteroatoms. The molecule has 2 aliphatic rings. The number of ether oxygens (including phenoxy) is 3. The van der Waals surface area contributed by atoms with Gasteiger partial charge in [-0.05, 0) is 32.4 Å². The van der Waals surface area contributed by atoms with Gasteiger partial charge in [0.2, 0.25) is 0 Å². The van der Waals surface area contributed by atoms with Crippen LogP contribution in [-0.2, 0) is 5.54 Å². The second-order valence-corrected chi connectivity index (χ2v) is 5.54. The largest absolute Gasteiger partial charge is 0.495 e. The van der Waals surface area contributed by atoms with Crippen molar-refractivity contribution in [3.05, 3.63) is 16.7 Å². The third-order valence-electron chi connectivity index (χ3n) is 3.90. The summed E-state index contributed by atoms with van der Waals surface area (Å²) < 4.78 is 16.8. The monoisotopic (exact) mass is 283 g/mol. The predicted octanol–water partition coefficient (Wildman–Crippen LogP) is 2.72. The van der Waals surface area contributed by atoms with Gasteiger partial charge in [0.05, 0.1) is 7.11 Å². The Morgan fingerprint density at radius 3 is 2.84 bits per heavy atom. The smallest absolute Gasteiger partial charge is 0.183 e. The van der Waals surface area contributed by atoms with Crippen molar-refractivity contribution in [1.82, 2.24) is 5.32 Å². The van der Waals surface area contributed by atoms with Crippen molar-refractivity contribution in [2.75, 3.05) is 26.9 Å². The SMILES string of the molecule is COc1c(C2(C)CCCN2)cc2c(c1Cl)OCCO2. The number of rotatable bonds is 2. The molecule has 0 aromatic heterocycles. The number of methoxy groups -OCH3 is 1. The molecule has 1 saturated heterocycles. The van der Waals surface area contributed by atoms with Gasteiger partial charge in [0, 0.05) is 11.1 Å². The number of fused-ring (bicyclic) bond motifs is 1. The molecule has 19 heavy (non-hydrogen) atoms. The summed E-state index contributed by atoms with van der Waals surface area (Å²) in [6.45, 7) is 4.25. The molecular formula is C14H18ClNO3. The second-order valence-electron chi connectivity index (χ2n) is 5.16. The predicted molar refractivity (Wildman–Crippen MR) is 73.6 cm³/mol. The van der Waals surface area contributed by atoms with Gasteiger partial charge < -0.3 is 19.5 Å². The molecule has 1 atom stereocenters. The summed E-state index contributed by atoms with van der Waals surface area (Å²) >= 11 is 6.41. The standard InChI is InChI=1S/C14H18ClNO3/c1-14(4-3-5-16-14)9-8-10-13(19-7-6-18-10)11(15)12(9)17-2/h8,16H,3-7H2,1-2H3. The van der Waals surface area contributed by atoms with Crippen molar-refractivity contribution in [2.24, 2.45) is 0 Å². The molecule has 0 bridgehead atoms. The molecule has 2 heterocycles. The van der Waals surface area contributed by atoms with Crippen molar-refractivity contribution in [1.29, 1.82) is 0 Å². The summed E-state index contributed by atoms with van der Waals surface area (Å²) in [7, 11) is 1.64. The van der Waals surface area contributed by atoms with E-state index in [1.54, 1.807) is 7.11 Å². The zero-order chi connectivity index (χ0) is 13.5. The number of nitrogens with one attached hydrogen (secondary N) is 1. The Balaban J connectivity index is 2.15. The molecule has 0 radical (unpaired) electrons. The molecule has 0 aliphatic carbocycles. The normalized spacial score (nSPS) is 25.4. The minimum absolute atomic E-state index is 0.120. The lowest BCUT2D eigenvalue weighted by Crippen LogP contribution is -2.34. The number of hydrogen-bond acceptors (Lipinski definition) is 4. The van der Waals surface area contributed by atoms with E-state index in [1.807, 2.05) is 6.07 Å². The van der Waals surface area contributed by atoms with Gasteiger partial charge in [-0.15, -0.1) is 0 Å². The third kappa shape index (κ3) is 2.03. The summed E-state index contributed by atoms with van der Waals surface area (Å²) in [6.07, 6.45) is 2.20. The van der Waals surface area contributed by atoms with E-state index in [1.165, 1.54) is 0 Å². The lowest BCUT2D eigenvalue weighted by Gasteiger charge is -2.30. The van der Waals surface area contributed by atoms with Gasteiger partial charge in [-0.2, -0.15) is 0 Å². The number of benzene rings is 1. The molecule has 104 valence electrons. The summed E-state index contributed by atoms with van der Waals surface area (Å²) in [5.74, 6) is 1.99. The van der Waals surface area contributed by atoms with Crippen LogP contribution in [0.5, 0.6) is 17.2 Å². The number of hydrogen-bond donors (Lipinski definition) is 1. The lowest BCUT2D eigenvalue weighted by atomic mass is 9.89. The van der Waals surface area contributed by atoms with Crippen molar-refractivity contribution < 1.29 is 14.2 Å². The molecule has 1 unspecified atom stereocenters. The fourth-order valence-electron chi connectivity index (χ4n) is 2.86. The molecule has 1 fully saturated rings. The first-order valence-corrected chi connectivity index (χ1v) is 6.95. The Bertz CT molecular complexity index is 498. The van der Waals surface area contributed by atoms with Crippen molar-refractivity contribution in [3.63, 3.8) is 0 Å². The van der Waals surface area contributed by atoms with E-state index in [9.17, 15) is 0 Å². The zero-order valence-corrected chi connectivity index (χ0v) is 12.0. The van der Waals surface area contributed by atoms with Gasteiger partial charge in [0.25, 0.3) is 0 Å². The van der Waals surface area contributed by atoms with E-state index in [0.717, 1.165) is 24.9 Å². The van der Waals surface area contributed by atoms with E-state index < -0.39 is 0 Å². The topological polar surface area (TPSA) is 39.7 Å². The van der Waals surface area contributed by atoms with E-state index in [2.05, 4.69) is 12.2 Å². The van der Waals surface area contributed by atoms with Gasteiger partial charge in [0.15, 0.2) is 11.5 Å². The van der Waals surface area contributed by atoms with Gasteiger partial charge in [-0.1, -0.05) is 11.6 Å². The molecule has 0 amide bonds. The second kappa shape index (κ2) is 4.76. The summed E-state index contributed by atoms with van der Waals surface area (Å²) in [4.78, 5) is 0. The maximum atomic E-state index is 6.41. The molecular weight excluding hydrogens is 266 g/mol. The molecule has 1 N–H and O–H groups in total. The first-order valence-electron chi connectivity index (χ1n) is 6.57. The van der Waals surface area contributed by atoms with Crippen LogP contribution >= 0.6 is 11.6 Å². The van der Waals surface area contributed by atoms with Crippen LogP contribution in [-0.4, -0.2) is 26.9 Å². The Hall–Kier alpha value is -1.13. The molecule has 2 aliphatic heterocycles. The molecule has 4 nitrogen and oxygen atoms in total. The van der Waals surface area contributed by atoms with Gasteiger partial charge in [-0.25, -0.2) is 0 Å². The molecule has 1 aromatic carbocycles. The van der Waals surface area contributed by atoms with Crippen molar-refractivity contribution in [2.45, 2.75) is 25.3 Å². The van der Waals surface area contributed by atoms with E-state index >= 15 is 0 Å². The lowest BCUT2D eigenvalue weighted by molar-refractivity contribution is 0.170. The van der Waals surface area contributed by atoms with Gasteiger partial charge in [0.1, 0.15) is 24.0 Å². The molecule has 1 aromatic rings. The Morgan fingerprint density at radius 2 is 2.16 bits per heavy atom.